The van der Waals surface area contributed by atoms with Gasteiger partial charge in [-0.25, -0.2) is 4.79 Å². The summed E-state index contributed by atoms with van der Waals surface area (Å²) >= 11 is 0. The van der Waals surface area contributed by atoms with Gasteiger partial charge >= 0.3 is 5.97 Å². The average molecular weight is 262 g/mol. The fourth-order valence-corrected chi connectivity index (χ4v) is 1.94. The average Bonchev–Trinajstić information content (AvgIpc) is 2.56. The second-order valence-electron chi connectivity index (χ2n) is 4.01. The van der Waals surface area contributed by atoms with E-state index >= 15 is 0 Å². The summed E-state index contributed by atoms with van der Waals surface area (Å²) in [5, 5.41) is 11.3. The molecule has 0 unspecified atom stereocenters. The molecule has 1 heterocycles. The van der Waals surface area contributed by atoms with Gasteiger partial charge in [-0.3, -0.25) is 9.59 Å². The number of hydrogen-bond donors (Lipinski definition) is 2. The number of Topliss-reactive ketones (excluding diaryl/α,β-unsaturated/α-hetero) is 1. The quantitative estimate of drug-likeness (QED) is 0.463. The normalized spacial score (nSPS) is 9.79. The number of carboxylic acid groups (broad SMARTS) is 1. The van der Waals surface area contributed by atoms with Crippen LogP contribution in [-0.4, -0.2) is 33.9 Å². The number of hydrogen-bond acceptors (Lipinski definition) is 3. The maximum atomic E-state index is 12.0. The standard InChI is InChI=1S/C13H14N2O4/c1-5-6-14-12(17)11(16)9-7(2)10(13(18)19)15(4)8(9)3/h1H,6H2,2-4H3,(H,14,17)(H,18,19). The number of nitrogens with one attached hydrogen (secondary N) is 1. The molecule has 0 radical (unpaired) electrons. The molecule has 0 saturated carbocycles. The van der Waals surface area contributed by atoms with Crippen molar-refractivity contribution in [3.8, 4) is 12.3 Å². The third-order valence-electron chi connectivity index (χ3n) is 2.92. The van der Waals surface area contributed by atoms with Gasteiger partial charge in [-0.2, -0.15) is 0 Å². The highest BCUT2D eigenvalue weighted by Crippen LogP contribution is 2.21. The summed E-state index contributed by atoms with van der Waals surface area (Å²) in [5.74, 6) is -0.587. The van der Waals surface area contributed by atoms with E-state index in [1.54, 1.807) is 6.92 Å². The molecule has 0 aliphatic rings. The number of carbonyl (C=O) groups excluding carboxylic acids is 2. The van der Waals surface area contributed by atoms with E-state index in [2.05, 4.69) is 11.2 Å². The number of rotatable bonds is 4. The van der Waals surface area contributed by atoms with E-state index in [9.17, 15) is 14.4 Å². The number of ketones is 1. The van der Waals surface area contributed by atoms with Crippen LogP contribution >= 0.6 is 0 Å². The molecule has 1 aromatic heterocycles. The van der Waals surface area contributed by atoms with Crippen LogP contribution < -0.4 is 5.32 Å². The Labute approximate surface area is 110 Å². The highest BCUT2D eigenvalue weighted by atomic mass is 16.4. The van der Waals surface area contributed by atoms with E-state index in [-0.39, 0.29) is 23.4 Å². The lowest BCUT2D eigenvalue weighted by molar-refractivity contribution is -0.116. The largest absolute Gasteiger partial charge is 0.477 e. The highest BCUT2D eigenvalue weighted by molar-refractivity contribution is 6.43. The molecule has 100 valence electrons. The second-order valence-corrected chi connectivity index (χ2v) is 4.01. The molecule has 1 amide bonds. The summed E-state index contributed by atoms with van der Waals surface area (Å²) in [6, 6.07) is 0. The second kappa shape index (κ2) is 5.40. The number of amides is 1. The molecule has 0 aliphatic heterocycles. The molecule has 2 N–H and O–H groups in total. The zero-order valence-corrected chi connectivity index (χ0v) is 10.9. The predicted octanol–water partition coefficient (Wildman–Crippen LogP) is 0.272. The Hall–Kier alpha value is -2.55. The van der Waals surface area contributed by atoms with Crippen LogP contribution in [0, 0.1) is 26.2 Å². The molecule has 19 heavy (non-hydrogen) atoms. The molecule has 1 rings (SSSR count). The number of carbonyl (C=O) groups is 3. The first kappa shape index (κ1) is 14.5. The monoisotopic (exact) mass is 262 g/mol. The van der Waals surface area contributed by atoms with Gasteiger partial charge < -0.3 is 15.0 Å². The van der Waals surface area contributed by atoms with Crippen molar-refractivity contribution in [2.24, 2.45) is 7.05 Å². The molecule has 0 aliphatic carbocycles. The summed E-state index contributed by atoms with van der Waals surface area (Å²) in [5.41, 5.74) is 0.795. The van der Waals surface area contributed by atoms with E-state index < -0.39 is 17.7 Å². The van der Waals surface area contributed by atoms with E-state index in [0.717, 1.165) is 0 Å². The van der Waals surface area contributed by atoms with E-state index in [0.29, 0.717) is 5.69 Å². The maximum absolute atomic E-state index is 12.0. The number of aromatic carboxylic acids is 1. The van der Waals surface area contributed by atoms with Gasteiger partial charge in [0.25, 0.3) is 11.7 Å². The SMILES string of the molecule is C#CCNC(=O)C(=O)c1c(C)c(C(=O)O)n(C)c1C. The van der Waals surface area contributed by atoms with Gasteiger partial charge in [-0.15, -0.1) is 6.42 Å². The van der Waals surface area contributed by atoms with Gasteiger partial charge in [0.1, 0.15) is 5.69 Å². The third-order valence-corrected chi connectivity index (χ3v) is 2.92. The van der Waals surface area contributed by atoms with Gasteiger partial charge in [0, 0.05) is 12.7 Å². The maximum Gasteiger partial charge on any atom is 0.352 e. The van der Waals surface area contributed by atoms with Crippen molar-refractivity contribution in [2.75, 3.05) is 6.54 Å². The van der Waals surface area contributed by atoms with Crippen molar-refractivity contribution >= 4 is 17.7 Å². The lowest BCUT2D eigenvalue weighted by Crippen LogP contribution is -2.31. The molecule has 1 aromatic rings. The van der Waals surface area contributed by atoms with Crippen LogP contribution in [0.5, 0.6) is 0 Å². The Balaban J connectivity index is 3.26. The van der Waals surface area contributed by atoms with E-state index in [1.165, 1.54) is 18.5 Å². The summed E-state index contributed by atoms with van der Waals surface area (Å²) in [4.78, 5) is 34.7. The lowest BCUT2D eigenvalue weighted by atomic mass is 10.1. The number of carboxylic acids is 1. The van der Waals surface area contributed by atoms with Gasteiger partial charge in [-0.05, 0) is 19.4 Å². The van der Waals surface area contributed by atoms with Crippen LogP contribution in [0.2, 0.25) is 0 Å². The Morgan fingerprint density at radius 2 is 1.95 bits per heavy atom. The fourth-order valence-electron chi connectivity index (χ4n) is 1.94. The molecule has 6 heteroatoms. The molecule has 0 atom stereocenters. The lowest BCUT2D eigenvalue weighted by Gasteiger charge is -2.02. The van der Waals surface area contributed by atoms with Crippen LogP contribution in [0.25, 0.3) is 0 Å². The van der Waals surface area contributed by atoms with Crippen molar-refractivity contribution in [2.45, 2.75) is 13.8 Å². The molecule has 0 fully saturated rings. The molecular formula is C13H14N2O4. The van der Waals surface area contributed by atoms with Crippen molar-refractivity contribution < 1.29 is 19.5 Å². The van der Waals surface area contributed by atoms with Gasteiger partial charge in [-0.1, -0.05) is 5.92 Å². The first-order valence-electron chi connectivity index (χ1n) is 5.48. The summed E-state index contributed by atoms with van der Waals surface area (Å²) in [6.07, 6.45) is 4.99. The van der Waals surface area contributed by atoms with Gasteiger partial charge in [0.2, 0.25) is 0 Å². The van der Waals surface area contributed by atoms with Crippen molar-refractivity contribution in [1.82, 2.24) is 9.88 Å². The zero-order chi connectivity index (χ0) is 14.7. The minimum atomic E-state index is -1.15. The predicted molar refractivity (Wildman–Crippen MR) is 68.0 cm³/mol. The summed E-state index contributed by atoms with van der Waals surface area (Å²) in [7, 11) is 1.53. The highest BCUT2D eigenvalue weighted by Gasteiger charge is 2.27. The molecule has 6 nitrogen and oxygen atoms in total. The molecule has 0 bridgehead atoms. The Bertz CT molecular complexity index is 605. The van der Waals surface area contributed by atoms with Gasteiger partial charge in [0.15, 0.2) is 0 Å². The number of terminal acetylenes is 1. The van der Waals surface area contributed by atoms with Crippen molar-refractivity contribution in [3.05, 3.63) is 22.5 Å². The first-order valence-corrected chi connectivity index (χ1v) is 5.48. The molecule has 0 spiro atoms. The smallest absolute Gasteiger partial charge is 0.352 e. The van der Waals surface area contributed by atoms with Crippen LogP contribution in [-0.2, 0) is 11.8 Å². The number of nitrogens with zero attached hydrogens (tertiary/aromatic N) is 1. The Kier molecular flexibility index (Phi) is 4.12. The molecule has 0 aromatic carbocycles. The van der Waals surface area contributed by atoms with Crippen LogP contribution in [0.15, 0.2) is 0 Å². The molecular weight excluding hydrogens is 248 g/mol. The minimum Gasteiger partial charge on any atom is -0.477 e. The zero-order valence-electron chi connectivity index (χ0n) is 10.9. The van der Waals surface area contributed by atoms with Crippen LogP contribution in [0.1, 0.15) is 32.1 Å². The topological polar surface area (TPSA) is 88.4 Å². The van der Waals surface area contributed by atoms with E-state index in [4.69, 9.17) is 11.5 Å². The minimum absolute atomic E-state index is 0.00870. The van der Waals surface area contributed by atoms with E-state index in [1.807, 2.05) is 0 Å². The number of aromatic nitrogens is 1. The van der Waals surface area contributed by atoms with Gasteiger partial charge in [0.05, 0.1) is 12.1 Å². The fraction of sp³-hybridized carbons (Fsp3) is 0.308. The first-order chi connectivity index (χ1) is 8.82. The summed E-state index contributed by atoms with van der Waals surface area (Å²) in [6.45, 7) is 3.03. The third kappa shape index (κ3) is 2.50. The Morgan fingerprint density at radius 1 is 1.37 bits per heavy atom. The Morgan fingerprint density at radius 3 is 2.37 bits per heavy atom. The molecule has 0 saturated heterocycles. The summed E-state index contributed by atoms with van der Waals surface area (Å²) < 4.78 is 1.37. The van der Waals surface area contributed by atoms with Crippen LogP contribution in [0.4, 0.5) is 0 Å². The van der Waals surface area contributed by atoms with Crippen molar-refractivity contribution in [3.63, 3.8) is 0 Å². The van der Waals surface area contributed by atoms with Crippen LogP contribution in [0.3, 0.4) is 0 Å². The van der Waals surface area contributed by atoms with Crippen molar-refractivity contribution in [1.29, 1.82) is 0 Å².